The molecule has 0 amide bonds. The predicted molar refractivity (Wildman–Crippen MR) is 126 cm³/mol. The van der Waals surface area contributed by atoms with E-state index in [9.17, 15) is 5.26 Å². The van der Waals surface area contributed by atoms with Crippen LogP contribution >= 0.6 is 0 Å². The predicted octanol–water partition coefficient (Wildman–Crippen LogP) is 4.28. The Morgan fingerprint density at radius 3 is 2.53 bits per heavy atom. The van der Waals surface area contributed by atoms with E-state index in [2.05, 4.69) is 38.8 Å². The lowest BCUT2D eigenvalue weighted by Gasteiger charge is -2.24. The molecule has 2 heterocycles. The molecule has 4 rings (SSSR count). The Hall–Kier alpha value is -3.41. The molecule has 0 unspecified atom stereocenters. The van der Waals surface area contributed by atoms with Crippen molar-refractivity contribution in [1.82, 2.24) is 15.3 Å². The number of nitrogens with one attached hydrogen (secondary N) is 2. The second-order valence-electron chi connectivity index (χ2n) is 7.53. The molecule has 0 saturated carbocycles. The van der Waals surface area contributed by atoms with Gasteiger partial charge in [-0.05, 0) is 73.8 Å². The zero-order valence-corrected chi connectivity index (χ0v) is 19.2. The minimum absolute atomic E-state index is 0.262. The van der Waals surface area contributed by atoms with E-state index in [-0.39, 0.29) is 9.76 Å². The fourth-order valence-corrected chi connectivity index (χ4v) is 4.26. The van der Waals surface area contributed by atoms with E-state index in [1.165, 1.54) is 5.56 Å². The molecule has 2 aromatic carbocycles. The summed E-state index contributed by atoms with van der Waals surface area (Å²) >= 11 is 0. The second kappa shape index (κ2) is 10.3. The molecule has 1 aromatic heterocycles. The first kappa shape index (κ1) is 21.8. The quantitative estimate of drug-likeness (QED) is 0.527. The molecule has 7 nitrogen and oxygen atoms in total. The fraction of sp³-hybridized carbons (Fsp3) is 0.292. The zero-order valence-electron chi connectivity index (χ0n) is 18.2. The zero-order chi connectivity index (χ0) is 22.3. The molecule has 3 aromatic rings. The smallest absolute Gasteiger partial charge is 0.307 e. The van der Waals surface area contributed by atoms with Crippen molar-refractivity contribution in [3.05, 3.63) is 59.9 Å². The van der Waals surface area contributed by atoms with Crippen molar-refractivity contribution < 1.29 is 9.16 Å². The van der Waals surface area contributed by atoms with Crippen LogP contribution in [0.25, 0.3) is 11.1 Å². The van der Waals surface area contributed by atoms with Crippen molar-refractivity contribution in [3.8, 4) is 28.7 Å². The maximum Gasteiger partial charge on any atom is 0.307 e. The standard InChI is InChI=1S/C24H25N5O2Si/c1-30-23-12-17(16-7-9-26-10-8-16)5-6-21(23)29-24-27-14-20(15-28-24)18-3-4-19(13-25)22(11-18)31-32-2/h3-6,11-12,14-16,26H,7-10H2,1-2H3,(H,27,28,29). The van der Waals surface area contributed by atoms with Crippen molar-refractivity contribution in [2.45, 2.75) is 25.3 Å². The Bertz CT molecular complexity index is 1110. The average molecular weight is 444 g/mol. The van der Waals surface area contributed by atoms with Gasteiger partial charge in [0, 0.05) is 18.0 Å². The van der Waals surface area contributed by atoms with Gasteiger partial charge in [-0.3, -0.25) is 0 Å². The van der Waals surface area contributed by atoms with Gasteiger partial charge in [0.2, 0.25) is 5.95 Å². The number of anilines is 2. The number of aromatic nitrogens is 2. The Balaban J connectivity index is 1.51. The molecular formula is C24H25N5O2Si. The maximum absolute atomic E-state index is 9.24. The summed E-state index contributed by atoms with van der Waals surface area (Å²) in [7, 11) is 1.94. The van der Waals surface area contributed by atoms with E-state index in [1.54, 1.807) is 25.6 Å². The van der Waals surface area contributed by atoms with Crippen molar-refractivity contribution in [3.63, 3.8) is 0 Å². The number of hydrogen-bond donors (Lipinski definition) is 2. The topological polar surface area (TPSA) is 92.1 Å². The number of methoxy groups -OCH3 is 1. The van der Waals surface area contributed by atoms with Crippen molar-refractivity contribution in [1.29, 1.82) is 5.26 Å². The minimum atomic E-state index is 0.262. The molecule has 0 aliphatic carbocycles. The summed E-state index contributed by atoms with van der Waals surface area (Å²) in [4.78, 5) is 8.93. The number of ether oxygens (including phenoxy) is 1. The average Bonchev–Trinajstić information content (AvgIpc) is 2.85. The number of hydrogen-bond acceptors (Lipinski definition) is 7. The van der Waals surface area contributed by atoms with E-state index < -0.39 is 0 Å². The maximum atomic E-state index is 9.24. The summed E-state index contributed by atoms with van der Waals surface area (Å²) in [5.41, 5.74) is 4.39. The van der Waals surface area contributed by atoms with Gasteiger partial charge in [0.25, 0.3) is 0 Å². The third kappa shape index (κ3) is 4.90. The summed E-state index contributed by atoms with van der Waals surface area (Å²) in [5.74, 6) is 2.40. The highest BCUT2D eigenvalue weighted by molar-refractivity contribution is 6.26. The first-order valence-corrected chi connectivity index (χ1v) is 12.0. The number of nitriles is 1. The fourth-order valence-electron chi connectivity index (χ4n) is 3.87. The van der Waals surface area contributed by atoms with Crippen molar-refractivity contribution in [2.24, 2.45) is 0 Å². The number of rotatable bonds is 7. The molecule has 1 aliphatic rings. The largest absolute Gasteiger partial charge is 0.540 e. The van der Waals surface area contributed by atoms with Crippen LogP contribution in [-0.2, 0) is 0 Å². The molecule has 162 valence electrons. The van der Waals surface area contributed by atoms with Crippen LogP contribution in [0.5, 0.6) is 11.5 Å². The Morgan fingerprint density at radius 1 is 1.06 bits per heavy atom. The molecule has 0 spiro atoms. The van der Waals surface area contributed by atoms with Gasteiger partial charge < -0.3 is 19.8 Å². The first-order chi connectivity index (χ1) is 15.7. The SMILES string of the molecule is COc1cc(C2CCNCC2)ccc1Nc1ncc(-c2ccc(C#N)c(O[Si]C)c2)cn1. The van der Waals surface area contributed by atoms with Crippen LogP contribution in [-0.4, -0.2) is 39.9 Å². The molecular weight excluding hydrogens is 418 g/mol. The molecule has 8 heteroatoms. The summed E-state index contributed by atoms with van der Waals surface area (Å²) < 4.78 is 11.2. The minimum Gasteiger partial charge on any atom is -0.540 e. The van der Waals surface area contributed by atoms with Gasteiger partial charge in [-0.2, -0.15) is 5.26 Å². The second-order valence-corrected chi connectivity index (χ2v) is 8.15. The number of nitrogens with zero attached hydrogens (tertiary/aromatic N) is 3. The van der Waals surface area contributed by atoms with Gasteiger partial charge in [0.05, 0.1) is 18.4 Å². The molecule has 2 N–H and O–H groups in total. The molecule has 2 radical (unpaired) electrons. The highest BCUT2D eigenvalue weighted by atomic mass is 28.2. The number of benzene rings is 2. The summed E-state index contributed by atoms with van der Waals surface area (Å²) in [6.07, 6.45) is 5.79. The van der Waals surface area contributed by atoms with Gasteiger partial charge in [0.1, 0.15) is 17.6 Å². The van der Waals surface area contributed by atoms with Gasteiger partial charge in [-0.1, -0.05) is 12.1 Å². The monoisotopic (exact) mass is 443 g/mol. The van der Waals surface area contributed by atoms with Gasteiger partial charge in [-0.15, -0.1) is 0 Å². The van der Waals surface area contributed by atoms with E-state index in [1.807, 2.05) is 24.7 Å². The van der Waals surface area contributed by atoms with Crippen LogP contribution < -0.4 is 19.8 Å². The Labute approximate surface area is 190 Å². The molecule has 1 aliphatic heterocycles. The van der Waals surface area contributed by atoms with Crippen LogP contribution in [0.1, 0.15) is 29.9 Å². The lowest BCUT2D eigenvalue weighted by molar-refractivity contribution is 0.413. The van der Waals surface area contributed by atoms with Crippen LogP contribution in [0.2, 0.25) is 6.55 Å². The first-order valence-electron chi connectivity index (χ1n) is 10.6. The summed E-state index contributed by atoms with van der Waals surface area (Å²) in [6, 6.07) is 13.9. The highest BCUT2D eigenvalue weighted by Crippen LogP contribution is 2.34. The third-order valence-corrected chi connectivity index (χ3v) is 6.01. The molecule has 1 fully saturated rings. The van der Waals surface area contributed by atoms with Crippen LogP contribution in [0.3, 0.4) is 0 Å². The Kier molecular flexibility index (Phi) is 6.99. The molecule has 1 saturated heterocycles. The van der Waals surface area contributed by atoms with E-state index in [0.717, 1.165) is 48.5 Å². The molecule has 0 atom stereocenters. The van der Waals surface area contributed by atoms with Crippen LogP contribution in [0, 0.1) is 11.3 Å². The van der Waals surface area contributed by atoms with Crippen molar-refractivity contribution in [2.75, 3.05) is 25.5 Å². The molecule has 32 heavy (non-hydrogen) atoms. The van der Waals surface area contributed by atoms with Crippen molar-refractivity contribution >= 4 is 21.4 Å². The normalized spacial score (nSPS) is 13.9. The lowest BCUT2D eigenvalue weighted by atomic mass is 9.90. The lowest BCUT2D eigenvalue weighted by Crippen LogP contribution is -2.26. The summed E-state index contributed by atoms with van der Waals surface area (Å²) in [5, 5.41) is 15.9. The van der Waals surface area contributed by atoms with E-state index in [0.29, 0.717) is 23.2 Å². The molecule has 0 bridgehead atoms. The van der Waals surface area contributed by atoms with Gasteiger partial charge >= 0.3 is 9.76 Å². The van der Waals surface area contributed by atoms with Gasteiger partial charge in [0.15, 0.2) is 0 Å². The third-order valence-electron chi connectivity index (χ3n) is 5.58. The highest BCUT2D eigenvalue weighted by Gasteiger charge is 2.17. The number of piperidine rings is 1. The van der Waals surface area contributed by atoms with E-state index in [4.69, 9.17) is 9.16 Å². The van der Waals surface area contributed by atoms with Crippen LogP contribution in [0.4, 0.5) is 11.6 Å². The van der Waals surface area contributed by atoms with Crippen LogP contribution in [0.15, 0.2) is 48.8 Å². The van der Waals surface area contributed by atoms with E-state index >= 15 is 0 Å². The summed E-state index contributed by atoms with van der Waals surface area (Å²) in [6.45, 7) is 4.03. The Morgan fingerprint density at radius 2 is 1.84 bits per heavy atom. The van der Waals surface area contributed by atoms with Gasteiger partial charge in [-0.25, -0.2) is 9.97 Å².